The van der Waals surface area contributed by atoms with E-state index in [9.17, 15) is 4.79 Å². The Bertz CT molecular complexity index is 866. The largest absolute Gasteiger partial charge is 0.497 e. The van der Waals surface area contributed by atoms with Gasteiger partial charge in [0.05, 0.1) is 23.5 Å². The lowest BCUT2D eigenvalue weighted by Crippen LogP contribution is -2.07. The Balaban J connectivity index is 1.69. The maximum atomic E-state index is 12.0. The first-order valence-corrected chi connectivity index (χ1v) is 7.95. The highest BCUT2D eigenvalue weighted by Gasteiger charge is 2.07. The van der Waals surface area contributed by atoms with E-state index in [0.29, 0.717) is 5.13 Å². The van der Waals surface area contributed by atoms with E-state index in [0.717, 1.165) is 28.1 Å². The van der Waals surface area contributed by atoms with Crippen molar-refractivity contribution in [1.29, 1.82) is 0 Å². The topological polar surface area (TPSA) is 69.0 Å². The third-order valence-corrected chi connectivity index (χ3v) is 4.16. The molecule has 2 heterocycles. The van der Waals surface area contributed by atoms with Crippen LogP contribution in [0.25, 0.3) is 16.3 Å². The number of nitrogens with zero attached hydrogens (tertiary/aromatic N) is 3. The molecular weight excluding hydrogens is 312 g/mol. The number of ether oxygens (including phenoxy) is 1. The van der Waals surface area contributed by atoms with Gasteiger partial charge in [-0.15, -0.1) is 0 Å². The second kappa shape index (κ2) is 6.62. The molecule has 23 heavy (non-hydrogen) atoms. The average Bonchev–Trinajstić information content (AvgIpc) is 3.17. The summed E-state index contributed by atoms with van der Waals surface area (Å²) in [6.07, 6.45) is 6.81. The van der Waals surface area contributed by atoms with Gasteiger partial charge in [-0.05, 0) is 31.2 Å². The van der Waals surface area contributed by atoms with Gasteiger partial charge in [-0.2, -0.15) is 5.10 Å². The summed E-state index contributed by atoms with van der Waals surface area (Å²) in [4.78, 5) is 16.4. The molecule has 0 saturated heterocycles. The molecule has 7 heteroatoms. The van der Waals surface area contributed by atoms with Crippen LogP contribution in [0.5, 0.6) is 5.75 Å². The fourth-order valence-corrected chi connectivity index (χ4v) is 2.94. The molecule has 0 atom stereocenters. The smallest absolute Gasteiger partial charge is 0.250 e. The highest BCUT2D eigenvalue weighted by molar-refractivity contribution is 7.22. The molecule has 0 saturated carbocycles. The summed E-state index contributed by atoms with van der Waals surface area (Å²) in [6.45, 7) is 2.81. The Morgan fingerprint density at radius 3 is 3.09 bits per heavy atom. The van der Waals surface area contributed by atoms with Crippen molar-refractivity contribution in [2.45, 2.75) is 13.5 Å². The van der Waals surface area contributed by atoms with E-state index >= 15 is 0 Å². The first kappa shape index (κ1) is 15.2. The molecule has 3 rings (SSSR count). The van der Waals surface area contributed by atoms with Crippen LogP contribution >= 0.6 is 11.3 Å². The van der Waals surface area contributed by atoms with Gasteiger partial charge in [0.2, 0.25) is 5.91 Å². The second-order valence-corrected chi connectivity index (χ2v) is 5.84. The van der Waals surface area contributed by atoms with Crippen molar-refractivity contribution in [2.75, 3.05) is 12.4 Å². The van der Waals surface area contributed by atoms with Crippen molar-refractivity contribution < 1.29 is 9.53 Å². The predicted molar refractivity (Wildman–Crippen MR) is 91.7 cm³/mol. The van der Waals surface area contributed by atoms with E-state index in [4.69, 9.17) is 4.74 Å². The summed E-state index contributed by atoms with van der Waals surface area (Å²) in [5.74, 6) is 0.548. The number of carbonyl (C=O) groups excluding carboxylic acids is 1. The highest BCUT2D eigenvalue weighted by atomic mass is 32.1. The maximum absolute atomic E-state index is 12.0. The number of hydrogen-bond acceptors (Lipinski definition) is 5. The molecule has 0 bridgehead atoms. The lowest BCUT2D eigenvalue weighted by atomic mass is 10.3. The number of carbonyl (C=O) groups is 1. The minimum absolute atomic E-state index is 0.222. The first-order chi connectivity index (χ1) is 11.2. The zero-order chi connectivity index (χ0) is 16.2. The number of amides is 1. The Labute approximate surface area is 137 Å². The Morgan fingerprint density at radius 1 is 1.48 bits per heavy atom. The third kappa shape index (κ3) is 3.57. The van der Waals surface area contributed by atoms with Crippen LogP contribution in [0.1, 0.15) is 12.5 Å². The van der Waals surface area contributed by atoms with E-state index in [1.54, 1.807) is 24.1 Å². The molecule has 0 unspecified atom stereocenters. The molecule has 1 aromatic carbocycles. The minimum Gasteiger partial charge on any atom is -0.497 e. The molecule has 0 fully saturated rings. The average molecular weight is 328 g/mol. The third-order valence-electron chi connectivity index (χ3n) is 3.23. The van der Waals surface area contributed by atoms with Crippen LogP contribution < -0.4 is 10.1 Å². The van der Waals surface area contributed by atoms with Crippen molar-refractivity contribution >= 4 is 38.7 Å². The summed E-state index contributed by atoms with van der Waals surface area (Å²) in [5, 5.41) is 7.49. The summed E-state index contributed by atoms with van der Waals surface area (Å²) < 4.78 is 7.95. The molecule has 118 valence electrons. The van der Waals surface area contributed by atoms with Gasteiger partial charge in [0.1, 0.15) is 5.75 Å². The number of hydrogen-bond donors (Lipinski definition) is 1. The van der Waals surface area contributed by atoms with Crippen LogP contribution in [0.3, 0.4) is 0 Å². The van der Waals surface area contributed by atoms with Gasteiger partial charge in [0.15, 0.2) is 5.13 Å². The van der Waals surface area contributed by atoms with Crippen LogP contribution in [0, 0.1) is 0 Å². The molecule has 2 aromatic heterocycles. The van der Waals surface area contributed by atoms with Crippen molar-refractivity contribution in [2.24, 2.45) is 0 Å². The predicted octanol–water partition coefficient (Wildman–Crippen LogP) is 3.17. The van der Waals surface area contributed by atoms with Crippen LogP contribution in [0.2, 0.25) is 0 Å². The molecular formula is C16H16N4O2S. The summed E-state index contributed by atoms with van der Waals surface area (Å²) in [5.41, 5.74) is 1.72. The number of nitrogens with one attached hydrogen (secondary N) is 1. The number of thiazole rings is 1. The van der Waals surface area contributed by atoms with Gasteiger partial charge in [-0.25, -0.2) is 4.98 Å². The number of aromatic nitrogens is 3. The van der Waals surface area contributed by atoms with E-state index in [2.05, 4.69) is 15.4 Å². The van der Waals surface area contributed by atoms with Gasteiger partial charge in [-0.3, -0.25) is 14.8 Å². The molecule has 3 aromatic rings. The van der Waals surface area contributed by atoms with Crippen LogP contribution in [-0.4, -0.2) is 27.8 Å². The molecule has 0 spiro atoms. The first-order valence-electron chi connectivity index (χ1n) is 7.14. The Morgan fingerprint density at radius 2 is 2.35 bits per heavy atom. The molecule has 0 aliphatic rings. The van der Waals surface area contributed by atoms with E-state index < -0.39 is 0 Å². The Kier molecular flexibility index (Phi) is 4.38. The van der Waals surface area contributed by atoms with Crippen LogP contribution in [0.4, 0.5) is 5.13 Å². The van der Waals surface area contributed by atoms with Gasteiger partial charge >= 0.3 is 0 Å². The van der Waals surface area contributed by atoms with E-state index in [1.165, 1.54) is 17.4 Å². The fraction of sp³-hybridized carbons (Fsp3) is 0.188. The molecule has 6 nitrogen and oxygen atoms in total. The quantitative estimate of drug-likeness (QED) is 0.730. The summed E-state index contributed by atoms with van der Waals surface area (Å²) in [6, 6.07) is 5.62. The van der Waals surface area contributed by atoms with Gasteiger partial charge in [0.25, 0.3) is 0 Å². The van der Waals surface area contributed by atoms with Crippen LogP contribution in [-0.2, 0) is 11.3 Å². The van der Waals surface area contributed by atoms with E-state index in [1.807, 2.05) is 31.3 Å². The monoisotopic (exact) mass is 328 g/mol. The SMILES string of the molecule is CCn1cc(/C=C/C(=O)Nc2nc3ccc(OC)cc3s2)cn1. The normalized spacial score (nSPS) is 11.2. The highest BCUT2D eigenvalue weighted by Crippen LogP contribution is 2.29. The summed E-state index contributed by atoms with van der Waals surface area (Å²) >= 11 is 1.41. The lowest BCUT2D eigenvalue weighted by Gasteiger charge is -1.96. The number of aryl methyl sites for hydroxylation is 1. The standard InChI is InChI=1S/C16H16N4O2S/c1-3-20-10-11(9-17-20)4-7-15(21)19-16-18-13-6-5-12(22-2)8-14(13)23-16/h4-10H,3H2,1-2H3,(H,18,19,21)/b7-4+. The molecule has 1 N–H and O–H groups in total. The zero-order valence-electron chi connectivity index (χ0n) is 12.8. The second-order valence-electron chi connectivity index (χ2n) is 4.80. The number of anilines is 1. The molecule has 1 amide bonds. The van der Waals surface area contributed by atoms with E-state index in [-0.39, 0.29) is 5.91 Å². The van der Waals surface area contributed by atoms with Crippen LogP contribution in [0.15, 0.2) is 36.7 Å². The molecule has 0 radical (unpaired) electrons. The number of rotatable bonds is 5. The summed E-state index contributed by atoms with van der Waals surface area (Å²) in [7, 11) is 1.62. The molecule has 0 aliphatic carbocycles. The number of fused-ring (bicyclic) bond motifs is 1. The number of benzene rings is 1. The van der Waals surface area contributed by atoms with Gasteiger partial charge in [-0.1, -0.05) is 11.3 Å². The lowest BCUT2D eigenvalue weighted by molar-refractivity contribution is -0.111. The fourth-order valence-electron chi connectivity index (χ4n) is 2.04. The maximum Gasteiger partial charge on any atom is 0.250 e. The van der Waals surface area contributed by atoms with Crippen molar-refractivity contribution in [3.63, 3.8) is 0 Å². The number of methoxy groups -OCH3 is 1. The van der Waals surface area contributed by atoms with Crippen molar-refractivity contribution in [3.05, 3.63) is 42.2 Å². The van der Waals surface area contributed by atoms with Crippen molar-refractivity contribution in [1.82, 2.24) is 14.8 Å². The van der Waals surface area contributed by atoms with Gasteiger partial charge in [0, 0.05) is 24.4 Å². The van der Waals surface area contributed by atoms with Gasteiger partial charge < -0.3 is 4.74 Å². The zero-order valence-corrected chi connectivity index (χ0v) is 13.6. The minimum atomic E-state index is -0.222. The molecule has 0 aliphatic heterocycles. The Hall–Kier alpha value is -2.67. The van der Waals surface area contributed by atoms with Crippen molar-refractivity contribution in [3.8, 4) is 5.75 Å².